The average Bonchev–Trinajstić information content (AvgIpc) is 2.73. The molecule has 30 heavy (non-hydrogen) atoms. The first kappa shape index (κ1) is 20.1. The Kier molecular flexibility index (Phi) is 4.95. The highest BCUT2D eigenvalue weighted by Crippen LogP contribution is 2.44. The Morgan fingerprint density at radius 2 is 1.40 bits per heavy atom. The summed E-state index contributed by atoms with van der Waals surface area (Å²) < 4.78 is 0. The lowest BCUT2D eigenvalue weighted by molar-refractivity contribution is -0.393. The number of ketones is 1. The third-order valence-corrected chi connectivity index (χ3v) is 4.32. The van der Waals surface area contributed by atoms with Gasteiger partial charge in [0.15, 0.2) is 17.3 Å². The lowest BCUT2D eigenvalue weighted by atomic mass is 9.97. The molecule has 0 atom stereocenters. The van der Waals surface area contributed by atoms with E-state index >= 15 is 0 Å². The zero-order valence-electron chi connectivity index (χ0n) is 14.8. The number of carbonyl (C=O) groups excluding carboxylic acids is 1. The fourth-order valence-corrected chi connectivity index (χ4v) is 2.79. The third kappa shape index (κ3) is 3.42. The van der Waals surface area contributed by atoms with Gasteiger partial charge in [-0.3, -0.25) is 25.0 Å². The van der Waals surface area contributed by atoms with Crippen LogP contribution in [0.3, 0.4) is 0 Å². The van der Waals surface area contributed by atoms with E-state index in [4.69, 9.17) is 0 Å². The summed E-state index contributed by atoms with van der Waals surface area (Å²) in [5.74, 6) is -4.58. The van der Waals surface area contributed by atoms with Crippen molar-refractivity contribution >= 4 is 17.2 Å². The largest absolute Gasteiger partial charge is 0.504 e. The molecular formula is C19H12N2O9. The molecule has 0 aliphatic rings. The molecule has 0 spiro atoms. The maximum atomic E-state index is 12.6. The quantitative estimate of drug-likeness (QED) is 0.160. The number of non-ortho nitro benzene ring substituents is 1. The molecule has 0 saturated carbocycles. The van der Waals surface area contributed by atoms with E-state index in [9.17, 15) is 45.4 Å². The van der Waals surface area contributed by atoms with Crippen molar-refractivity contribution in [1.29, 1.82) is 0 Å². The summed E-state index contributed by atoms with van der Waals surface area (Å²) in [6.07, 6.45) is 0. The van der Waals surface area contributed by atoms with E-state index < -0.39 is 55.6 Å². The van der Waals surface area contributed by atoms with Crippen LogP contribution in [0.4, 0.5) is 11.4 Å². The summed E-state index contributed by atoms with van der Waals surface area (Å²) in [6, 6.07) is 9.22. The van der Waals surface area contributed by atoms with E-state index in [1.807, 2.05) is 0 Å². The number of rotatable bonds is 5. The normalized spacial score (nSPS) is 10.5. The van der Waals surface area contributed by atoms with Gasteiger partial charge in [-0.05, 0) is 17.7 Å². The second kappa shape index (κ2) is 7.39. The number of nitro groups is 2. The number of aromatic hydroxyl groups is 4. The van der Waals surface area contributed by atoms with Gasteiger partial charge in [-0.25, -0.2) is 0 Å². The number of phenolic OH excluding ortho intramolecular Hbond substituents is 4. The van der Waals surface area contributed by atoms with Crippen LogP contribution in [-0.4, -0.2) is 36.1 Å². The molecular weight excluding hydrogens is 400 g/mol. The van der Waals surface area contributed by atoms with E-state index in [2.05, 4.69) is 0 Å². The number of hydrogen-bond donors (Lipinski definition) is 4. The molecule has 11 nitrogen and oxygen atoms in total. The second-order valence-corrected chi connectivity index (χ2v) is 6.11. The molecule has 11 heteroatoms. The molecule has 0 saturated heterocycles. The highest BCUT2D eigenvalue weighted by Gasteiger charge is 2.23. The highest BCUT2D eigenvalue weighted by atomic mass is 16.6. The van der Waals surface area contributed by atoms with Gasteiger partial charge in [0.05, 0.1) is 27.0 Å². The third-order valence-electron chi connectivity index (χ3n) is 4.32. The van der Waals surface area contributed by atoms with Gasteiger partial charge in [0.2, 0.25) is 11.5 Å². The first-order valence-electron chi connectivity index (χ1n) is 8.16. The summed E-state index contributed by atoms with van der Waals surface area (Å²) in [7, 11) is 0. The molecule has 0 fully saturated rings. The lowest BCUT2D eigenvalue weighted by Crippen LogP contribution is -2.02. The van der Waals surface area contributed by atoms with Crippen LogP contribution in [0.25, 0.3) is 11.1 Å². The molecule has 0 unspecified atom stereocenters. The molecule has 0 bridgehead atoms. The predicted octanol–water partition coefficient (Wildman–Crippen LogP) is 3.22. The van der Waals surface area contributed by atoms with Crippen molar-refractivity contribution in [3.63, 3.8) is 0 Å². The van der Waals surface area contributed by atoms with Crippen LogP contribution in [-0.2, 0) is 0 Å². The Balaban J connectivity index is 2.01. The molecule has 3 aromatic carbocycles. The Hall–Kier alpha value is -4.67. The van der Waals surface area contributed by atoms with E-state index in [0.717, 1.165) is 18.2 Å². The SMILES string of the molecule is O=C(c1ccc(-c2ccc([N+](=O)[O-])cc2[N+](=O)[O-])cc1)c1cc(O)c(O)c(O)c1O. The number of nitro benzene ring substituents is 2. The zero-order chi connectivity index (χ0) is 22.2. The number of carbonyl (C=O) groups is 1. The molecule has 0 aliphatic carbocycles. The van der Waals surface area contributed by atoms with E-state index in [1.165, 1.54) is 30.3 Å². The van der Waals surface area contributed by atoms with Crippen LogP contribution >= 0.6 is 0 Å². The molecule has 4 N–H and O–H groups in total. The smallest absolute Gasteiger partial charge is 0.284 e. The maximum Gasteiger partial charge on any atom is 0.284 e. The predicted molar refractivity (Wildman–Crippen MR) is 102 cm³/mol. The first-order chi connectivity index (χ1) is 14.1. The summed E-state index contributed by atoms with van der Waals surface area (Å²) in [5, 5.41) is 60.5. The van der Waals surface area contributed by atoms with Gasteiger partial charge in [-0.2, -0.15) is 0 Å². The van der Waals surface area contributed by atoms with E-state index in [0.29, 0.717) is 5.56 Å². The molecule has 0 aliphatic heterocycles. The van der Waals surface area contributed by atoms with Crippen LogP contribution in [0.1, 0.15) is 15.9 Å². The highest BCUT2D eigenvalue weighted by molar-refractivity contribution is 6.11. The van der Waals surface area contributed by atoms with Crippen molar-refractivity contribution in [2.45, 2.75) is 0 Å². The van der Waals surface area contributed by atoms with Gasteiger partial charge >= 0.3 is 0 Å². The van der Waals surface area contributed by atoms with Crippen molar-refractivity contribution in [2.75, 3.05) is 0 Å². The lowest BCUT2D eigenvalue weighted by Gasteiger charge is -2.09. The molecule has 152 valence electrons. The minimum absolute atomic E-state index is 0.00287. The monoisotopic (exact) mass is 412 g/mol. The Bertz CT molecular complexity index is 1200. The summed E-state index contributed by atoms with van der Waals surface area (Å²) in [5.41, 5.74) is -1.02. The summed E-state index contributed by atoms with van der Waals surface area (Å²) in [6.45, 7) is 0. The standard InChI is InChI=1S/C19H12N2O9/c22-15-8-13(17(24)19(26)18(15)25)16(23)10-3-1-9(2-4-10)12-6-5-11(20(27)28)7-14(12)21(29)30/h1-8,22,24-26H. The van der Waals surface area contributed by atoms with Gasteiger partial charge in [0.25, 0.3) is 11.4 Å². The maximum absolute atomic E-state index is 12.6. The van der Waals surface area contributed by atoms with Crippen LogP contribution in [0.2, 0.25) is 0 Å². The van der Waals surface area contributed by atoms with Crippen molar-refractivity contribution in [3.05, 3.63) is 79.9 Å². The van der Waals surface area contributed by atoms with Crippen molar-refractivity contribution in [2.24, 2.45) is 0 Å². The summed E-state index contributed by atoms with van der Waals surface area (Å²) in [4.78, 5) is 33.2. The van der Waals surface area contributed by atoms with E-state index in [1.54, 1.807) is 0 Å². The first-order valence-corrected chi connectivity index (χ1v) is 8.16. The van der Waals surface area contributed by atoms with Crippen LogP contribution in [0, 0.1) is 20.2 Å². The molecule has 0 heterocycles. The molecule has 3 aromatic rings. The zero-order valence-corrected chi connectivity index (χ0v) is 14.8. The van der Waals surface area contributed by atoms with Gasteiger partial charge in [0.1, 0.15) is 0 Å². The van der Waals surface area contributed by atoms with E-state index in [-0.39, 0.29) is 11.1 Å². The second-order valence-electron chi connectivity index (χ2n) is 6.11. The fourth-order valence-electron chi connectivity index (χ4n) is 2.79. The average molecular weight is 412 g/mol. The van der Waals surface area contributed by atoms with Gasteiger partial charge < -0.3 is 20.4 Å². The minimum atomic E-state index is -1.06. The van der Waals surface area contributed by atoms with Crippen LogP contribution in [0.5, 0.6) is 23.0 Å². The minimum Gasteiger partial charge on any atom is -0.504 e. The number of nitrogens with zero attached hydrogens (tertiary/aromatic N) is 2. The Morgan fingerprint density at radius 1 is 0.767 bits per heavy atom. The molecule has 3 rings (SSSR count). The van der Waals surface area contributed by atoms with Crippen molar-refractivity contribution < 1.29 is 35.1 Å². The van der Waals surface area contributed by atoms with Crippen molar-refractivity contribution in [1.82, 2.24) is 0 Å². The van der Waals surface area contributed by atoms with Gasteiger partial charge in [-0.1, -0.05) is 24.3 Å². The Morgan fingerprint density at radius 3 is 1.97 bits per heavy atom. The number of phenols is 4. The van der Waals surface area contributed by atoms with Crippen LogP contribution < -0.4 is 0 Å². The molecule has 0 amide bonds. The topological polar surface area (TPSA) is 184 Å². The van der Waals surface area contributed by atoms with Gasteiger partial charge in [0, 0.05) is 11.6 Å². The van der Waals surface area contributed by atoms with Crippen molar-refractivity contribution in [3.8, 4) is 34.1 Å². The molecule has 0 radical (unpaired) electrons. The molecule has 0 aromatic heterocycles. The van der Waals surface area contributed by atoms with Gasteiger partial charge in [-0.15, -0.1) is 0 Å². The number of benzene rings is 3. The number of hydrogen-bond acceptors (Lipinski definition) is 9. The summed E-state index contributed by atoms with van der Waals surface area (Å²) >= 11 is 0. The Labute approximate surface area is 167 Å². The van der Waals surface area contributed by atoms with Crippen LogP contribution in [0.15, 0.2) is 48.5 Å². The fraction of sp³-hybridized carbons (Fsp3) is 0.